The molecular weight excluding hydrogens is 228 g/mol. The summed E-state index contributed by atoms with van der Waals surface area (Å²) in [4.78, 5) is 0. The lowest BCUT2D eigenvalue weighted by Crippen LogP contribution is -2.31. The highest BCUT2D eigenvalue weighted by Gasteiger charge is 2.29. The zero-order valence-corrected chi connectivity index (χ0v) is 10.1. The van der Waals surface area contributed by atoms with E-state index in [2.05, 4.69) is 0 Å². The fourth-order valence-corrected chi connectivity index (χ4v) is 2.43. The summed E-state index contributed by atoms with van der Waals surface area (Å²) in [5.74, 6) is 0. The Hall–Kier alpha value is -0.910. The summed E-state index contributed by atoms with van der Waals surface area (Å²) in [6, 6.07) is 6.94. The first-order valence-corrected chi connectivity index (χ1v) is 6.86. The van der Waals surface area contributed by atoms with Crippen molar-refractivity contribution in [1.29, 1.82) is 0 Å². The van der Waals surface area contributed by atoms with E-state index in [1.807, 2.05) is 13.0 Å². The summed E-state index contributed by atoms with van der Waals surface area (Å²) in [5.41, 5.74) is 1.44. The SMILES string of the molecule is Cc1cccc([C@@H](O)[C@@H](CO)S(C)(=O)=O)c1. The second-order valence-electron chi connectivity index (χ2n) is 3.91. The predicted molar refractivity (Wildman–Crippen MR) is 61.9 cm³/mol. The van der Waals surface area contributed by atoms with Crippen LogP contribution in [0.25, 0.3) is 0 Å². The van der Waals surface area contributed by atoms with Crippen LogP contribution in [0.1, 0.15) is 17.2 Å². The molecule has 0 aliphatic heterocycles. The zero-order chi connectivity index (χ0) is 12.3. The first-order chi connectivity index (χ1) is 7.36. The highest BCUT2D eigenvalue weighted by molar-refractivity contribution is 7.91. The molecule has 1 aromatic rings. The summed E-state index contributed by atoms with van der Waals surface area (Å²) in [6.45, 7) is 1.26. The molecule has 0 heterocycles. The minimum Gasteiger partial charge on any atom is -0.395 e. The Labute approximate surface area is 95.5 Å². The Morgan fingerprint density at radius 3 is 2.44 bits per heavy atom. The van der Waals surface area contributed by atoms with Crippen molar-refractivity contribution < 1.29 is 18.6 Å². The molecule has 1 rings (SSSR count). The molecule has 0 aromatic heterocycles. The Balaban J connectivity index is 3.05. The molecule has 1 aromatic carbocycles. The topological polar surface area (TPSA) is 74.6 Å². The van der Waals surface area contributed by atoms with Crippen molar-refractivity contribution >= 4 is 9.84 Å². The normalized spacial score (nSPS) is 15.8. The van der Waals surface area contributed by atoms with Gasteiger partial charge in [-0.1, -0.05) is 29.8 Å². The van der Waals surface area contributed by atoms with Crippen LogP contribution in [0.4, 0.5) is 0 Å². The maximum atomic E-state index is 11.3. The average molecular weight is 244 g/mol. The van der Waals surface area contributed by atoms with E-state index in [-0.39, 0.29) is 0 Å². The monoisotopic (exact) mass is 244 g/mol. The predicted octanol–water partition coefficient (Wildman–Crippen LogP) is 0.434. The fraction of sp³-hybridized carbons (Fsp3) is 0.455. The molecule has 0 bridgehead atoms. The Kier molecular flexibility index (Phi) is 4.07. The summed E-state index contributed by atoms with van der Waals surface area (Å²) in [6.07, 6.45) is -0.188. The average Bonchev–Trinajstić information content (AvgIpc) is 2.16. The molecule has 2 atom stereocenters. The van der Waals surface area contributed by atoms with Gasteiger partial charge in [-0.2, -0.15) is 0 Å². The number of aliphatic hydroxyl groups is 2. The summed E-state index contributed by atoms with van der Waals surface area (Å²) in [5, 5.41) is 17.8. The van der Waals surface area contributed by atoms with E-state index in [4.69, 9.17) is 5.11 Å². The number of rotatable bonds is 4. The maximum absolute atomic E-state index is 11.3. The van der Waals surface area contributed by atoms with Gasteiger partial charge >= 0.3 is 0 Å². The van der Waals surface area contributed by atoms with Gasteiger partial charge in [0.1, 0.15) is 5.25 Å². The van der Waals surface area contributed by atoms with E-state index in [0.29, 0.717) is 5.56 Å². The number of benzene rings is 1. The van der Waals surface area contributed by atoms with Crippen molar-refractivity contribution in [3.63, 3.8) is 0 Å². The van der Waals surface area contributed by atoms with Crippen molar-refractivity contribution in [3.05, 3.63) is 35.4 Å². The number of aryl methyl sites for hydroxylation is 1. The molecule has 0 saturated heterocycles. The quantitative estimate of drug-likeness (QED) is 0.805. The van der Waals surface area contributed by atoms with Crippen LogP contribution in [0.5, 0.6) is 0 Å². The molecule has 0 aliphatic carbocycles. The Morgan fingerprint density at radius 2 is 2.00 bits per heavy atom. The molecule has 90 valence electrons. The van der Waals surface area contributed by atoms with Gasteiger partial charge in [0.15, 0.2) is 9.84 Å². The van der Waals surface area contributed by atoms with Crippen molar-refractivity contribution in [2.45, 2.75) is 18.3 Å². The summed E-state index contributed by atoms with van der Waals surface area (Å²) >= 11 is 0. The van der Waals surface area contributed by atoms with Gasteiger partial charge in [0.25, 0.3) is 0 Å². The maximum Gasteiger partial charge on any atom is 0.155 e. The van der Waals surface area contributed by atoms with Crippen LogP contribution in [-0.2, 0) is 9.84 Å². The van der Waals surface area contributed by atoms with Gasteiger partial charge in [0.05, 0.1) is 12.7 Å². The van der Waals surface area contributed by atoms with Crippen LogP contribution in [0.2, 0.25) is 0 Å². The van der Waals surface area contributed by atoms with Gasteiger partial charge in [0, 0.05) is 6.26 Å². The third-order valence-corrected chi connectivity index (χ3v) is 3.97. The third-order valence-electron chi connectivity index (χ3n) is 2.47. The van der Waals surface area contributed by atoms with Crippen LogP contribution in [0, 0.1) is 6.92 Å². The van der Waals surface area contributed by atoms with Crippen molar-refractivity contribution in [2.75, 3.05) is 12.9 Å². The van der Waals surface area contributed by atoms with E-state index >= 15 is 0 Å². The molecule has 0 fully saturated rings. The largest absolute Gasteiger partial charge is 0.395 e. The highest BCUT2D eigenvalue weighted by atomic mass is 32.2. The van der Waals surface area contributed by atoms with Crippen LogP contribution in [0.15, 0.2) is 24.3 Å². The molecule has 0 radical (unpaired) electrons. The second-order valence-corrected chi connectivity index (χ2v) is 6.17. The Bertz CT molecular complexity index is 453. The molecule has 4 nitrogen and oxygen atoms in total. The molecule has 5 heteroatoms. The van der Waals surface area contributed by atoms with Gasteiger partial charge in [-0.25, -0.2) is 8.42 Å². The molecule has 2 N–H and O–H groups in total. The molecular formula is C11H16O4S. The lowest BCUT2D eigenvalue weighted by atomic mass is 10.0. The van der Waals surface area contributed by atoms with E-state index in [1.165, 1.54) is 0 Å². The second kappa shape index (κ2) is 4.95. The smallest absolute Gasteiger partial charge is 0.155 e. The highest BCUT2D eigenvalue weighted by Crippen LogP contribution is 2.22. The molecule has 0 spiro atoms. The number of hydrogen-bond donors (Lipinski definition) is 2. The molecule has 0 aliphatic rings. The van der Waals surface area contributed by atoms with Crippen molar-refractivity contribution in [3.8, 4) is 0 Å². The number of sulfone groups is 1. The van der Waals surface area contributed by atoms with E-state index in [9.17, 15) is 13.5 Å². The van der Waals surface area contributed by atoms with E-state index in [1.54, 1.807) is 18.2 Å². The fourth-order valence-electron chi connectivity index (χ4n) is 1.54. The first kappa shape index (κ1) is 13.2. The van der Waals surface area contributed by atoms with Gasteiger partial charge < -0.3 is 10.2 Å². The minimum absolute atomic E-state index is 0.504. The standard InChI is InChI=1S/C11H16O4S/c1-8-4-3-5-9(6-8)11(13)10(7-12)16(2,14)15/h3-6,10-13H,7H2,1-2H3/t10-,11-/m1/s1. The van der Waals surface area contributed by atoms with Crippen LogP contribution >= 0.6 is 0 Å². The lowest BCUT2D eigenvalue weighted by Gasteiger charge is -2.19. The van der Waals surface area contributed by atoms with Crippen molar-refractivity contribution in [2.24, 2.45) is 0 Å². The van der Waals surface area contributed by atoms with Crippen LogP contribution in [0.3, 0.4) is 0 Å². The van der Waals surface area contributed by atoms with E-state index < -0.39 is 27.8 Å². The summed E-state index contributed by atoms with van der Waals surface area (Å²) in [7, 11) is -3.48. The summed E-state index contributed by atoms with van der Waals surface area (Å²) < 4.78 is 22.7. The van der Waals surface area contributed by atoms with Crippen LogP contribution in [-0.4, -0.2) is 36.7 Å². The molecule has 16 heavy (non-hydrogen) atoms. The van der Waals surface area contributed by atoms with Gasteiger partial charge in [-0.05, 0) is 12.5 Å². The van der Waals surface area contributed by atoms with Crippen LogP contribution < -0.4 is 0 Å². The zero-order valence-electron chi connectivity index (χ0n) is 9.29. The first-order valence-electron chi connectivity index (χ1n) is 4.90. The molecule has 0 amide bonds. The minimum atomic E-state index is -3.48. The van der Waals surface area contributed by atoms with E-state index in [0.717, 1.165) is 11.8 Å². The van der Waals surface area contributed by atoms with Gasteiger partial charge in [-0.15, -0.1) is 0 Å². The number of hydrogen-bond acceptors (Lipinski definition) is 4. The lowest BCUT2D eigenvalue weighted by molar-refractivity contribution is 0.138. The third kappa shape index (κ3) is 3.04. The number of aliphatic hydroxyl groups excluding tert-OH is 2. The van der Waals surface area contributed by atoms with Crippen molar-refractivity contribution in [1.82, 2.24) is 0 Å². The molecule has 0 saturated carbocycles. The van der Waals surface area contributed by atoms with Gasteiger partial charge in [-0.3, -0.25) is 0 Å². The van der Waals surface area contributed by atoms with Gasteiger partial charge in [0.2, 0.25) is 0 Å². The Morgan fingerprint density at radius 1 is 1.38 bits per heavy atom. The molecule has 0 unspecified atom stereocenters.